The summed E-state index contributed by atoms with van der Waals surface area (Å²) in [5.41, 5.74) is 0.411. The van der Waals surface area contributed by atoms with E-state index in [0.29, 0.717) is 6.42 Å². The molecule has 0 spiro atoms. The van der Waals surface area contributed by atoms with Crippen LogP contribution in [-0.2, 0) is 19.1 Å². The van der Waals surface area contributed by atoms with Gasteiger partial charge < -0.3 is 9.47 Å². The molecule has 1 aromatic rings. The van der Waals surface area contributed by atoms with E-state index in [1.165, 1.54) is 14.2 Å². The van der Waals surface area contributed by atoms with Gasteiger partial charge in [-0.1, -0.05) is 34.6 Å². The summed E-state index contributed by atoms with van der Waals surface area (Å²) in [5.74, 6) is -1.40. The van der Waals surface area contributed by atoms with Crippen LogP contribution in [-0.4, -0.2) is 26.2 Å². The fraction of sp³-hybridized carbons (Fsp3) is 0.333. The highest BCUT2D eigenvalue weighted by molar-refractivity contribution is 9.10. The Kier molecular flexibility index (Phi) is 3.99. The molecule has 4 nitrogen and oxygen atoms in total. The number of carbonyl (C=O) groups is 2. The summed E-state index contributed by atoms with van der Waals surface area (Å²) >= 11 is 3.36. The summed E-state index contributed by atoms with van der Waals surface area (Å²) in [6.45, 7) is 4.01. The van der Waals surface area contributed by atoms with E-state index in [4.69, 9.17) is 9.47 Å². The van der Waals surface area contributed by atoms with Crippen molar-refractivity contribution in [3.63, 3.8) is 0 Å². The van der Waals surface area contributed by atoms with Crippen LogP contribution in [0.25, 0.3) is 5.57 Å². The van der Waals surface area contributed by atoms with Crippen molar-refractivity contribution in [1.82, 2.24) is 0 Å². The predicted molar refractivity (Wildman–Crippen MR) is 77.7 cm³/mol. The summed E-state index contributed by atoms with van der Waals surface area (Å²) in [6.07, 6.45) is 0.376. The molecule has 1 unspecified atom stereocenters. The Morgan fingerprint density at radius 1 is 1.20 bits per heavy atom. The molecule has 0 radical (unpaired) electrons. The number of esters is 2. The van der Waals surface area contributed by atoms with Gasteiger partial charge in [0.2, 0.25) is 0 Å². The zero-order valence-electron chi connectivity index (χ0n) is 11.3. The highest BCUT2D eigenvalue weighted by atomic mass is 79.9. The van der Waals surface area contributed by atoms with Crippen molar-refractivity contribution in [3.8, 4) is 0 Å². The van der Waals surface area contributed by atoms with Crippen molar-refractivity contribution < 1.29 is 19.1 Å². The molecule has 1 atom stereocenters. The fourth-order valence-electron chi connectivity index (χ4n) is 2.45. The molecule has 0 amide bonds. The zero-order valence-corrected chi connectivity index (χ0v) is 12.9. The highest BCUT2D eigenvalue weighted by Crippen LogP contribution is 2.59. The van der Waals surface area contributed by atoms with Crippen molar-refractivity contribution in [2.45, 2.75) is 6.42 Å². The van der Waals surface area contributed by atoms with Crippen molar-refractivity contribution in [2.24, 2.45) is 11.3 Å². The first-order valence-electron chi connectivity index (χ1n) is 6.09. The average molecular weight is 339 g/mol. The van der Waals surface area contributed by atoms with Gasteiger partial charge in [0.25, 0.3) is 0 Å². The van der Waals surface area contributed by atoms with Gasteiger partial charge in [0, 0.05) is 10.4 Å². The van der Waals surface area contributed by atoms with E-state index in [0.717, 1.165) is 15.6 Å². The van der Waals surface area contributed by atoms with Crippen LogP contribution in [0.15, 0.2) is 35.3 Å². The Morgan fingerprint density at radius 2 is 1.70 bits per heavy atom. The molecule has 1 aliphatic carbocycles. The van der Waals surface area contributed by atoms with Crippen LogP contribution in [0.3, 0.4) is 0 Å². The standard InChI is InChI=1S/C15H15BrO4/c1-9(10-4-6-11(16)7-5-10)12-8-15(12,13(17)19-2)14(18)20-3/h4-7,12H,1,8H2,2-3H3. The molecule has 106 valence electrons. The van der Waals surface area contributed by atoms with Gasteiger partial charge in [0.05, 0.1) is 14.2 Å². The molecule has 1 aliphatic rings. The van der Waals surface area contributed by atoms with Crippen LogP contribution in [0.4, 0.5) is 0 Å². The zero-order chi connectivity index (χ0) is 14.9. The van der Waals surface area contributed by atoms with Gasteiger partial charge >= 0.3 is 11.9 Å². The van der Waals surface area contributed by atoms with Crippen LogP contribution < -0.4 is 0 Å². The maximum Gasteiger partial charge on any atom is 0.323 e. The third kappa shape index (κ3) is 2.26. The summed E-state index contributed by atoms with van der Waals surface area (Å²) in [7, 11) is 2.54. The first-order chi connectivity index (χ1) is 9.47. The molecule has 0 aromatic heterocycles. The number of halogens is 1. The van der Waals surface area contributed by atoms with Crippen LogP contribution >= 0.6 is 15.9 Å². The Balaban J connectivity index is 2.26. The quantitative estimate of drug-likeness (QED) is 0.625. The number of rotatable bonds is 4. The number of allylic oxidation sites excluding steroid dienone is 1. The summed E-state index contributed by atoms with van der Waals surface area (Å²) < 4.78 is 10.5. The molecule has 0 bridgehead atoms. The minimum atomic E-state index is -1.23. The van der Waals surface area contributed by atoms with E-state index in [2.05, 4.69) is 22.5 Å². The molecule has 5 heteroatoms. The normalized spacial score (nSPS) is 19.1. The van der Waals surface area contributed by atoms with E-state index < -0.39 is 17.4 Å². The van der Waals surface area contributed by atoms with Gasteiger partial charge in [0.15, 0.2) is 5.41 Å². The van der Waals surface area contributed by atoms with Crippen molar-refractivity contribution in [2.75, 3.05) is 14.2 Å². The second kappa shape index (κ2) is 5.40. The highest BCUT2D eigenvalue weighted by Gasteiger charge is 2.68. The Morgan fingerprint density at radius 3 is 2.15 bits per heavy atom. The van der Waals surface area contributed by atoms with Gasteiger partial charge in [0.1, 0.15) is 0 Å². The monoisotopic (exact) mass is 338 g/mol. The van der Waals surface area contributed by atoms with Gasteiger partial charge in [-0.05, 0) is 29.7 Å². The van der Waals surface area contributed by atoms with Crippen LogP contribution in [0.2, 0.25) is 0 Å². The van der Waals surface area contributed by atoms with Crippen LogP contribution in [0, 0.1) is 11.3 Å². The summed E-state index contributed by atoms with van der Waals surface area (Å²) in [4.78, 5) is 23.9. The van der Waals surface area contributed by atoms with Crippen molar-refractivity contribution in [3.05, 3.63) is 40.9 Å². The Bertz CT molecular complexity index is 546. The third-order valence-corrected chi connectivity index (χ3v) is 4.22. The molecule has 1 fully saturated rings. The summed E-state index contributed by atoms with van der Waals surface area (Å²) in [5, 5.41) is 0. The molecular formula is C15H15BrO4. The van der Waals surface area contributed by atoms with Gasteiger partial charge in [-0.2, -0.15) is 0 Å². The minimum absolute atomic E-state index is 0.274. The second-order valence-electron chi connectivity index (χ2n) is 4.74. The lowest BCUT2D eigenvalue weighted by Crippen LogP contribution is -2.30. The van der Waals surface area contributed by atoms with Gasteiger partial charge in [-0.25, -0.2) is 0 Å². The van der Waals surface area contributed by atoms with Crippen LogP contribution in [0.1, 0.15) is 12.0 Å². The van der Waals surface area contributed by atoms with E-state index in [9.17, 15) is 9.59 Å². The molecule has 0 saturated heterocycles. The molecule has 20 heavy (non-hydrogen) atoms. The van der Waals surface area contributed by atoms with Gasteiger partial charge in [-0.3, -0.25) is 9.59 Å². The smallest absolute Gasteiger partial charge is 0.323 e. The molecule has 0 heterocycles. The van der Waals surface area contributed by atoms with Crippen molar-refractivity contribution in [1.29, 1.82) is 0 Å². The number of ether oxygens (including phenoxy) is 2. The number of hydrogen-bond acceptors (Lipinski definition) is 4. The lowest BCUT2D eigenvalue weighted by molar-refractivity contribution is -0.161. The number of carbonyl (C=O) groups excluding carboxylic acids is 2. The number of hydrogen-bond donors (Lipinski definition) is 0. The number of benzene rings is 1. The lowest BCUT2D eigenvalue weighted by Gasteiger charge is -2.14. The maximum atomic E-state index is 11.9. The lowest BCUT2D eigenvalue weighted by atomic mass is 9.95. The molecule has 0 aliphatic heterocycles. The maximum absolute atomic E-state index is 11.9. The molecule has 1 aromatic carbocycles. The second-order valence-corrected chi connectivity index (χ2v) is 5.66. The fourth-order valence-corrected chi connectivity index (χ4v) is 2.71. The van der Waals surface area contributed by atoms with E-state index >= 15 is 0 Å². The first kappa shape index (κ1) is 14.8. The molecule has 2 rings (SSSR count). The average Bonchev–Trinajstić information content (AvgIpc) is 3.22. The number of methoxy groups -OCH3 is 2. The molecule has 1 saturated carbocycles. The SMILES string of the molecule is C=C(c1ccc(Br)cc1)C1CC1(C(=O)OC)C(=O)OC. The van der Waals surface area contributed by atoms with E-state index in [1.807, 2.05) is 24.3 Å². The van der Waals surface area contributed by atoms with E-state index in [1.54, 1.807) is 0 Å². The molecular weight excluding hydrogens is 324 g/mol. The molecule has 0 N–H and O–H groups in total. The Hall–Kier alpha value is -1.62. The minimum Gasteiger partial charge on any atom is -0.468 e. The Labute approximate surface area is 125 Å². The van der Waals surface area contributed by atoms with Crippen LogP contribution in [0.5, 0.6) is 0 Å². The van der Waals surface area contributed by atoms with E-state index in [-0.39, 0.29) is 5.92 Å². The van der Waals surface area contributed by atoms with Crippen molar-refractivity contribution >= 4 is 33.4 Å². The predicted octanol–water partition coefficient (Wildman–Crippen LogP) is 2.81. The van der Waals surface area contributed by atoms with Gasteiger partial charge in [-0.15, -0.1) is 0 Å². The third-order valence-electron chi connectivity index (χ3n) is 3.70. The summed E-state index contributed by atoms with van der Waals surface area (Å²) in [6, 6.07) is 7.57. The first-order valence-corrected chi connectivity index (χ1v) is 6.88. The largest absolute Gasteiger partial charge is 0.468 e. The topological polar surface area (TPSA) is 52.6 Å².